The number of ether oxygens (including phenoxy) is 1. The number of carboxylic acids is 1. The Balaban J connectivity index is 2.94. The Morgan fingerprint density at radius 1 is 1.53 bits per heavy atom. The van der Waals surface area contributed by atoms with Crippen LogP contribution in [0, 0.1) is 0 Å². The summed E-state index contributed by atoms with van der Waals surface area (Å²) in [5, 5.41) is 12.3. The molecule has 0 aliphatic carbocycles. The molecule has 0 unspecified atom stereocenters. The highest BCUT2D eigenvalue weighted by Crippen LogP contribution is 2.28. The zero-order valence-corrected chi connectivity index (χ0v) is 10.8. The Labute approximate surface area is 105 Å². The lowest BCUT2D eigenvalue weighted by atomic mass is 10.2. The number of aromatic carboxylic acids is 1. The van der Waals surface area contributed by atoms with Crippen molar-refractivity contribution in [2.45, 2.75) is 11.8 Å². The molecule has 0 aliphatic rings. The molecule has 0 amide bonds. The molecule has 4 nitrogen and oxygen atoms in total. The molecule has 0 saturated heterocycles. The van der Waals surface area contributed by atoms with Crippen molar-refractivity contribution in [1.29, 1.82) is 0 Å². The Morgan fingerprint density at radius 3 is 2.88 bits per heavy atom. The molecule has 0 atom stereocenters. The predicted octanol–water partition coefficient (Wildman–Crippen LogP) is 2.56. The maximum Gasteiger partial charge on any atom is 0.338 e. The first-order valence-corrected chi connectivity index (χ1v) is 6.41. The number of carboxylic acid groups (broad SMARTS) is 1. The van der Waals surface area contributed by atoms with E-state index in [1.54, 1.807) is 13.2 Å². The second-order valence-corrected chi connectivity index (χ2v) is 4.64. The lowest BCUT2D eigenvalue weighted by molar-refractivity contribution is 0.0694. The number of rotatable bonds is 7. The number of anilines is 1. The van der Waals surface area contributed by atoms with Gasteiger partial charge in [-0.25, -0.2) is 4.79 Å². The van der Waals surface area contributed by atoms with Crippen LogP contribution in [0.1, 0.15) is 17.3 Å². The Bertz CT molecular complexity index is 382. The summed E-state index contributed by atoms with van der Waals surface area (Å²) in [6, 6.07) is 5.47. The van der Waals surface area contributed by atoms with Gasteiger partial charge in [-0.2, -0.15) is 0 Å². The number of benzene rings is 1. The van der Waals surface area contributed by atoms with Crippen molar-refractivity contribution in [3.63, 3.8) is 0 Å². The molecule has 0 heterocycles. The molecule has 2 N–H and O–H groups in total. The first-order chi connectivity index (χ1) is 8.20. The number of hydrogen-bond acceptors (Lipinski definition) is 4. The average molecular weight is 255 g/mol. The summed E-state index contributed by atoms with van der Waals surface area (Å²) < 4.78 is 4.93. The summed E-state index contributed by atoms with van der Waals surface area (Å²) >= 11 is 1.53. The lowest BCUT2D eigenvalue weighted by Gasteiger charge is -2.12. The third-order valence-electron chi connectivity index (χ3n) is 2.16. The summed E-state index contributed by atoms with van der Waals surface area (Å²) in [4.78, 5) is 12.1. The van der Waals surface area contributed by atoms with Gasteiger partial charge in [-0.15, -0.1) is 11.8 Å². The summed E-state index contributed by atoms with van der Waals surface area (Å²) in [6.07, 6.45) is 0. The van der Waals surface area contributed by atoms with E-state index in [-0.39, 0.29) is 0 Å². The van der Waals surface area contributed by atoms with Crippen molar-refractivity contribution in [1.82, 2.24) is 0 Å². The molecule has 1 aromatic carbocycles. The van der Waals surface area contributed by atoms with E-state index in [1.165, 1.54) is 11.8 Å². The Kier molecular flexibility index (Phi) is 5.86. The standard InChI is InChI=1S/C12H17NO3S/c1-3-17-10-6-4-5-9(11(10)12(14)15)13-7-8-16-2/h4-6,13H,3,7-8H2,1-2H3,(H,14,15). The van der Waals surface area contributed by atoms with Crippen LogP contribution in [0.3, 0.4) is 0 Å². The van der Waals surface area contributed by atoms with E-state index >= 15 is 0 Å². The molecule has 0 fully saturated rings. The summed E-state index contributed by atoms with van der Waals surface area (Å²) in [7, 11) is 1.61. The molecule has 0 radical (unpaired) electrons. The minimum Gasteiger partial charge on any atom is -0.478 e. The van der Waals surface area contributed by atoms with Crippen LogP contribution in [0.5, 0.6) is 0 Å². The van der Waals surface area contributed by atoms with Gasteiger partial charge >= 0.3 is 5.97 Å². The minimum absolute atomic E-state index is 0.343. The van der Waals surface area contributed by atoms with Crippen molar-refractivity contribution < 1.29 is 14.6 Å². The van der Waals surface area contributed by atoms with Crippen LogP contribution in [-0.4, -0.2) is 37.1 Å². The van der Waals surface area contributed by atoms with Gasteiger partial charge in [0.2, 0.25) is 0 Å². The number of nitrogens with one attached hydrogen (secondary N) is 1. The van der Waals surface area contributed by atoms with Gasteiger partial charge in [-0.3, -0.25) is 0 Å². The molecule has 17 heavy (non-hydrogen) atoms. The highest BCUT2D eigenvalue weighted by molar-refractivity contribution is 7.99. The van der Waals surface area contributed by atoms with Gasteiger partial charge in [0.1, 0.15) is 0 Å². The van der Waals surface area contributed by atoms with Crippen LogP contribution in [0.25, 0.3) is 0 Å². The fourth-order valence-corrected chi connectivity index (χ4v) is 2.29. The summed E-state index contributed by atoms with van der Waals surface area (Å²) in [5.74, 6) is -0.0524. The van der Waals surface area contributed by atoms with Crippen LogP contribution >= 0.6 is 11.8 Å². The monoisotopic (exact) mass is 255 g/mol. The van der Waals surface area contributed by atoms with Crippen molar-refractivity contribution in [3.05, 3.63) is 23.8 Å². The van der Waals surface area contributed by atoms with Gasteiger partial charge in [0.05, 0.1) is 12.2 Å². The number of hydrogen-bond donors (Lipinski definition) is 2. The average Bonchev–Trinajstić information content (AvgIpc) is 2.29. The SMILES string of the molecule is CCSc1cccc(NCCOC)c1C(=O)O. The van der Waals surface area contributed by atoms with E-state index in [9.17, 15) is 9.90 Å². The van der Waals surface area contributed by atoms with Gasteiger partial charge in [-0.05, 0) is 17.9 Å². The molecule has 0 spiro atoms. The summed E-state index contributed by atoms with van der Waals surface area (Å²) in [6.45, 7) is 3.14. The van der Waals surface area contributed by atoms with Crippen LogP contribution in [0.2, 0.25) is 0 Å². The zero-order chi connectivity index (χ0) is 12.7. The molecular formula is C12H17NO3S. The molecule has 0 aliphatic heterocycles. The van der Waals surface area contributed by atoms with Gasteiger partial charge in [0.15, 0.2) is 0 Å². The maximum atomic E-state index is 11.3. The first-order valence-electron chi connectivity index (χ1n) is 5.42. The van der Waals surface area contributed by atoms with Crippen molar-refractivity contribution in [2.75, 3.05) is 31.3 Å². The fourth-order valence-electron chi connectivity index (χ4n) is 1.46. The zero-order valence-electron chi connectivity index (χ0n) is 10.0. The van der Waals surface area contributed by atoms with Crippen molar-refractivity contribution >= 4 is 23.4 Å². The predicted molar refractivity (Wildman–Crippen MR) is 70.2 cm³/mol. The molecule has 1 rings (SSSR count). The van der Waals surface area contributed by atoms with Crippen molar-refractivity contribution in [3.8, 4) is 0 Å². The van der Waals surface area contributed by atoms with E-state index in [0.29, 0.717) is 24.4 Å². The van der Waals surface area contributed by atoms with Crippen LogP contribution in [-0.2, 0) is 4.74 Å². The van der Waals surface area contributed by atoms with Crippen molar-refractivity contribution in [2.24, 2.45) is 0 Å². The molecule has 94 valence electrons. The van der Waals surface area contributed by atoms with Crippen LogP contribution < -0.4 is 5.32 Å². The largest absolute Gasteiger partial charge is 0.478 e. The first kappa shape index (κ1) is 13.9. The molecule has 5 heteroatoms. The summed E-state index contributed by atoms with van der Waals surface area (Å²) in [5.41, 5.74) is 0.989. The van der Waals surface area contributed by atoms with Gasteiger partial charge in [0.25, 0.3) is 0 Å². The van der Waals surface area contributed by atoms with Crippen LogP contribution in [0.15, 0.2) is 23.1 Å². The van der Waals surface area contributed by atoms with Gasteiger partial charge in [0, 0.05) is 24.2 Å². The fraction of sp³-hybridized carbons (Fsp3) is 0.417. The number of methoxy groups -OCH3 is 1. The second kappa shape index (κ2) is 7.19. The van der Waals surface area contributed by atoms with E-state index in [4.69, 9.17) is 4.74 Å². The Morgan fingerprint density at radius 2 is 2.29 bits per heavy atom. The topological polar surface area (TPSA) is 58.6 Å². The molecule has 1 aromatic rings. The highest BCUT2D eigenvalue weighted by Gasteiger charge is 2.14. The lowest BCUT2D eigenvalue weighted by Crippen LogP contribution is -2.12. The minimum atomic E-state index is -0.901. The van der Waals surface area contributed by atoms with E-state index in [0.717, 1.165) is 10.6 Å². The normalized spacial score (nSPS) is 10.2. The highest BCUT2D eigenvalue weighted by atomic mass is 32.2. The third kappa shape index (κ3) is 3.94. The van der Waals surface area contributed by atoms with E-state index < -0.39 is 5.97 Å². The molecular weight excluding hydrogens is 238 g/mol. The maximum absolute atomic E-state index is 11.3. The quantitative estimate of drug-likeness (QED) is 0.579. The van der Waals surface area contributed by atoms with Crippen LogP contribution in [0.4, 0.5) is 5.69 Å². The number of carbonyl (C=O) groups is 1. The smallest absolute Gasteiger partial charge is 0.338 e. The second-order valence-electron chi connectivity index (χ2n) is 3.34. The molecule has 0 bridgehead atoms. The van der Waals surface area contributed by atoms with E-state index in [1.807, 2.05) is 19.1 Å². The molecule has 0 saturated carbocycles. The van der Waals surface area contributed by atoms with E-state index in [2.05, 4.69) is 5.32 Å². The Hall–Kier alpha value is -1.20. The van der Waals surface area contributed by atoms with Gasteiger partial charge < -0.3 is 15.2 Å². The molecule has 0 aromatic heterocycles. The number of thioether (sulfide) groups is 1. The van der Waals surface area contributed by atoms with Gasteiger partial charge in [-0.1, -0.05) is 13.0 Å². The third-order valence-corrected chi connectivity index (χ3v) is 3.10.